The highest BCUT2D eigenvalue weighted by atomic mass is 79.9. The van der Waals surface area contributed by atoms with Gasteiger partial charge in [0.15, 0.2) is 0 Å². The summed E-state index contributed by atoms with van der Waals surface area (Å²) >= 11 is 7.96. The van der Waals surface area contributed by atoms with E-state index in [-0.39, 0.29) is 0 Å². The standard InChI is InChI=1S/C11H7Br2F3S/c12-8-3-1-2-6-7(5-17-10(6)8)9(13)4-11(14,15)16/h1-3,5,9H,4H2. The molecule has 0 amide bonds. The van der Waals surface area contributed by atoms with Crippen LogP contribution in [0.4, 0.5) is 13.2 Å². The van der Waals surface area contributed by atoms with Crippen molar-refractivity contribution in [2.75, 3.05) is 0 Å². The molecule has 1 heterocycles. The predicted molar refractivity (Wildman–Crippen MR) is 71.9 cm³/mol. The van der Waals surface area contributed by atoms with E-state index in [1.165, 1.54) is 11.3 Å². The Morgan fingerprint density at radius 3 is 2.65 bits per heavy atom. The predicted octanol–water partition coefficient (Wildman–Crippen LogP) is 6.05. The van der Waals surface area contributed by atoms with Crippen LogP contribution >= 0.6 is 43.2 Å². The van der Waals surface area contributed by atoms with E-state index in [0.29, 0.717) is 5.56 Å². The first-order chi connectivity index (χ1) is 7.88. The van der Waals surface area contributed by atoms with Crippen LogP contribution in [0.3, 0.4) is 0 Å². The van der Waals surface area contributed by atoms with Crippen molar-refractivity contribution in [3.8, 4) is 0 Å². The quantitative estimate of drug-likeness (QED) is 0.550. The van der Waals surface area contributed by atoms with Gasteiger partial charge in [0.1, 0.15) is 0 Å². The number of thiophene rings is 1. The molecule has 2 aromatic rings. The Kier molecular flexibility index (Phi) is 3.85. The lowest BCUT2D eigenvalue weighted by molar-refractivity contribution is -0.134. The first kappa shape index (κ1) is 13.4. The van der Waals surface area contributed by atoms with Gasteiger partial charge in [0.05, 0.1) is 6.42 Å². The number of benzene rings is 1. The van der Waals surface area contributed by atoms with Crippen molar-refractivity contribution in [1.82, 2.24) is 0 Å². The van der Waals surface area contributed by atoms with Gasteiger partial charge in [-0.1, -0.05) is 28.1 Å². The Hall–Kier alpha value is -0.0700. The monoisotopic (exact) mass is 386 g/mol. The fraction of sp³-hybridized carbons (Fsp3) is 0.273. The number of fused-ring (bicyclic) bond motifs is 1. The Labute approximate surface area is 117 Å². The molecule has 1 atom stereocenters. The van der Waals surface area contributed by atoms with Crippen molar-refractivity contribution in [2.24, 2.45) is 0 Å². The van der Waals surface area contributed by atoms with Crippen LogP contribution in [0.15, 0.2) is 28.1 Å². The molecule has 0 aliphatic rings. The van der Waals surface area contributed by atoms with E-state index in [4.69, 9.17) is 0 Å². The lowest BCUT2D eigenvalue weighted by Gasteiger charge is -2.11. The maximum atomic E-state index is 12.3. The summed E-state index contributed by atoms with van der Waals surface area (Å²) in [5.74, 6) is 0. The third kappa shape index (κ3) is 3.03. The summed E-state index contributed by atoms with van der Waals surface area (Å²) in [5, 5.41) is 2.65. The van der Waals surface area contributed by atoms with Crippen LogP contribution in [0.25, 0.3) is 10.1 Å². The highest BCUT2D eigenvalue weighted by Gasteiger charge is 2.32. The molecule has 0 saturated carbocycles. The van der Waals surface area contributed by atoms with E-state index in [0.717, 1.165) is 14.6 Å². The maximum Gasteiger partial charge on any atom is 0.390 e. The van der Waals surface area contributed by atoms with Gasteiger partial charge < -0.3 is 0 Å². The molecule has 0 radical (unpaired) electrons. The summed E-state index contributed by atoms with van der Waals surface area (Å²) in [4.78, 5) is -0.689. The minimum absolute atomic E-state index is 0.689. The van der Waals surface area contributed by atoms with Gasteiger partial charge in [-0.25, -0.2) is 0 Å². The average Bonchev–Trinajstić information content (AvgIpc) is 2.60. The van der Waals surface area contributed by atoms with Crippen LogP contribution in [0.1, 0.15) is 16.8 Å². The molecule has 0 spiro atoms. The summed E-state index contributed by atoms with van der Waals surface area (Å²) in [5.41, 5.74) is 0.698. The lowest BCUT2D eigenvalue weighted by Crippen LogP contribution is -2.10. The molecule has 0 fully saturated rings. The van der Waals surface area contributed by atoms with Crippen molar-refractivity contribution in [3.63, 3.8) is 0 Å². The van der Waals surface area contributed by atoms with Gasteiger partial charge in [-0.3, -0.25) is 0 Å². The van der Waals surface area contributed by atoms with E-state index in [2.05, 4.69) is 31.9 Å². The van der Waals surface area contributed by atoms with Crippen molar-refractivity contribution >= 4 is 53.3 Å². The molecule has 1 aromatic heterocycles. The van der Waals surface area contributed by atoms with Crippen molar-refractivity contribution in [3.05, 3.63) is 33.6 Å². The molecular weight excluding hydrogens is 381 g/mol. The summed E-state index contributed by atoms with van der Waals surface area (Å²) in [6.07, 6.45) is -5.01. The highest BCUT2D eigenvalue weighted by molar-refractivity contribution is 9.10. The first-order valence-electron chi connectivity index (χ1n) is 4.75. The summed E-state index contributed by atoms with van der Waals surface area (Å²) < 4.78 is 38.9. The third-order valence-corrected chi connectivity index (χ3v) is 5.12. The molecule has 17 heavy (non-hydrogen) atoms. The van der Waals surface area contributed by atoms with E-state index in [9.17, 15) is 13.2 Å². The second kappa shape index (κ2) is 4.90. The zero-order valence-electron chi connectivity index (χ0n) is 8.39. The van der Waals surface area contributed by atoms with Crippen LogP contribution in [0.5, 0.6) is 0 Å². The van der Waals surface area contributed by atoms with Crippen LogP contribution < -0.4 is 0 Å². The normalized spacial score (nSPS) is 14.2. The molecule has 92 valence electrons. The average molecular weight is 388 g/mol. The Morgan fingerprint density at radius 2 is 2.00 bits per heavy atom. The Bertz CT molecular complexity index is 533. The smallest absolute Gasteiger partial charge is 0.171 e. The molecule has 6 heteroatoms. The van der Waals surface area contributed by atoms with Crippen LogP contribution in [-0.2, 0) is 0 Å². The molecule has 1 unspecified atom stereocenters. The van der Waals surface area contributed by atoms with Crippen LogP contribution in [0.2, 0.25) is 0 Å². The molecule has 2 rings (SSSR count). The van der Waals surface area contributed by atoms with Crippen molar-refractivity contribution in [2.45, 2.75) is 17.4 Å². The highest BCUT2D eigenvalue weighted by Crippen LogP contribution is 2.42. The van der Waals surface area contributed by atoms with E-state index in [1.54, 1.807) is 5.38 Å². The SMILES string of the molecule is FC(F)(F)CC(Br)c1csc2c(Br)cccc12. The molecule has 0 aliphatic heterocycles. The topological polar surface area (TPSA) is 0 Å². The fourth-order valence-corrected chi connectivity index (χ4v) is 4.19. The van der Waals surface area contributed by atoms with Gasteiger partial charge in [-0.05, 0) is 38.3 Å². The van der Waals surface area contributed by atoms with Gasteiger partial charge in [0, 0.05) is 14.0 Å². The zero-order valence-corrected chi connectivity index (χ0v) is 12.4. The Morgan fingerprint density at radius 1 is 1.29 bits per heavy atom. The Balaban J connectivity index is 2.40. The minimum atomic E-state index is -4.16. The molecule has 0 aliphatic carbocycles. The van der Waals surface area contributed by atoms with E-state index >= 15 is 0 Å². The molecule has 1 aromatic carbocycles. The number of hydrogen-bond acceptors (Lipinski definition) is 1. The number of halogens is 5. The van der Waals surface area contributed by atoms with Crippen molar-refractivity contribution < 1.29 is 13.2 Å². The van der Waals surface area contributed by atoms with Crippen LogP contribution in [-0.4, -0.2) is 6.18 Å². The van der Waals surface area contributed by atoms with Gasteiger partial charge in [0.25, 0.3) is 0 Å². The summed E-state index contributed by atoms with van der Waals surface area (Å²) in [6, 6.07) is 5.56. The van der Waals surface area contributed by atoms with Crippen LogP contribution in [0, 0.1) is 0 Å². The minimum Gasteiger partial charge on any atom is -0.171 e. The molecule has 0 saturated heterocycles. The second-order valence-electron chi connectivity index (χ2n) is 3.59. The molecular formula is C11H7Br2F3S. The van der Waals surface area contributed by atoms with Crippen molar-refractivity contribution in [1.29, 1.82) is 0 Å². The molecule has 0 N–H and O–H groups in total. The van der Waals surface area contributed by atoms with E-state index in [1.807, 2.05) is 18.2 Å². The second-order valence-corrected chi connectivity index (χ2v) is 6.43. The van der Waals surface area contributed by atoms with Gasteiger partial charge in [-0.15, -0.1) is 11.3 Å². The van der Waals surface area contributed by atoms with Gasteiger partial charge >= 0.3 is 6.18 Å². The van der Waals surface area contributed by atoms with Gasteiger partial charge in [-0.2, -0.15) is 13.2 Å². The summed E-state index contributed by atoms with van der Waals surface area (Å²) in [6.45, 7) is 0. The first-order valence-corrected chi connectivity index (χ1v) is 7.34. The zero-order chi connectivity index (χ0) is 12.6. The molecule has 0 bridgehead atoms. The third-order valence-electron chi connectivity index (χ3n) is 2.33. The lowest BCUT2D eigenvalue weighted by atomic mass is 10.1. The largest absolute Gasteiger partial charge is 0.390 e. The number of rotatable bonds is 2. The van der Waals surface area contributed by atoms with E-state index < -0.39 is 17.4 Å². The maximum absolute atomic E-state index is 12.3. The fourth-order valence-electron chi connectivity index (χ4n) is 1.60. The van der Waals surface area contributed by atoms with Gasteiger partial charge in [0.2, 0.25) is 0 Å². The number of hydrogen-bond donors (Lipinski definition) is 0. The summed E-state index contributed by atoms with van der Waals surface area (Å²) in [7, 11) is 0. The number of alkyl halides is 4. The molecule has 0 nitrogen and oxygen atoms in total.